The van der Waals surface area contributed by atoms with Gasteiger partial charge in [0, 0.05) is 35.1 Å². The lowest BCUT2D eigenvalue weighted by Gasteiger charge is -2.28. The number of hydrogen-bond donors (Lipinski definition) is 2. The van der Waals surface area contributed by atoms with Crippen LogP contribution in [0, 0.1) is 5.82 Å². The Morgan fingerprint density at radius 3 is 2.64 bits per heavy atom. The first kappa shape index (κ1) is 23.5. The molecule has 9 heteroatoms. The summed E-state index contributed by atoms with van der Waals surface area (Å²) in [5.41, 5.74) is 0.834. The Hall–Kier alpha value is -2.68. The van der Waals surface area contributed by atoms with E-state index in [-0.39, 0.29) is 12.3 Å². The number of nitrogens with one attached hydrogen (secondary N) is 1. The molecular weight excluding hydrogens is 447 g/mol. The number of fused-ring (bicyclic) bond motifs is 1. The third kappa shape index (κ3) is 5.29. The molecule has 0 spiro atoms. The molecule has 3 aromatic rings. The summed E-state index contributed by atoms with van der Waals surface area (Å²) in [5.74, 6) is 0.862. The van der Waals surface area contributed by atoms with E-state index in [1.807, 2.05) is 0 Å². The van der Waals surface area contributed by atoms with Gasteiger partial charge in [0.05, 0.1) is 18.3 Å². The van der Waals surface area contributed by atoms with Crippen LogP contribution in [0.3, 0.4) is 0 Å². The minimum atomic E-state index is -0.635. The second-order valence-electron chi connectivity index (χ2n) is 8.43. The first-order chi connectivity index (χ1) is 15.9. The Labute approximate surface area is 197 Å². The van der Waals surface area contributed by atoms with Gasteiger partial charge in [0.1, 0.15) is 30.7 Å². The first-order valence-corrected chi connectivity index (χ1v) is 11.3. The molecule has 0 aliphatic carbocycles. The standard InChI is InChI=1S/C24H28ClFN4O3/c1-14-4-5-15(2)30(14)11-17(31)12-33-23-10-21-18(9-22(23)32-3)24(28-13-27-21)29-20-7-6-16(25)8-19(20)26/h6-10,13-15,17,31H,4-5,11-12H2,1-3H3,(H,27,28,29). The van der Waals surface area contributed by atoms with Crippen LogP contribution in [0.15, 0.2) is 36.7 Å². The number of rotatable bonds is 8. The van der Waals surface area contributed by atoms with Crippen molar-refractivity contribution in [1.29, 1.82) is 0 Å². The minimum Gasteiger partial charge on any atom is -0.493 e. The highest BCUT2D eigenvalue weighted by molar-refractivity contribution is 6.30. The van der Waals surface area contributed by atoms with Crippen LogP contribution < -0.4 is 14.8 Å². The Morgan fingerprint density at radius 2 is 1.94 bits per heavy atom. The summed E-state index contributed by atoms with van der Waals surface area (Å²) < 4.78 is 25.7. The summed E-state index contributed by atoms with van der Waals surface area (Å²) in [6.45, 7) is 5.06. The normalized spacial score (nSPS) is 19.6. The number of halogens is 2. The van der Waals surface area contributed by atoms with E-state index in [0.29, 0.717) is 51.9 Å². The van der Waals surface area contributed by atoms with E-state index in [9.17, 15) is 9.50 Å². The van der Waals surface area contributed by atoms with E-state index < -0.39 is 11.9 Å². The zero-order chi connectivity index (χ0) is 23.5. The molecule has 0 bridgehead atoms. The number of aliphatic hydroxyl groups is 1. The topological polar surface area (TPSA) is 79.7 Å². The molecule has 3 unspecified atom stereocenters. The SMILES string of the molecule is COc1cc2c(Nc3ccc(Cl)cc3F)ncnc2cc1OCC(O)CN1C(C)CCC1C. The largest absolute Gasteiger partial charge is 0.493 e. The van der Waals surface area contributed by atoms with Crippen molar-refractivity contribution in [3.8, 4) is 11.5 Å². The van der Waals surface area contributed by atoms with Gasteiger partial charge >= 0.3 is 0 Å². The van der Waals surface area contributed by atoms with E-state index in [1.54, 1.807) is 24.3 Å². The molecule has 4 rings (SSSR count). The molecule has 0 amide bonds. The fraction of sp³-hybridized carbons (Fsp3) is 0.417. The van der Waals surface area contributed by atoms with Gasteiger partial charge in [-0.1, -0.05) is 11.6 Å². The van der Waals surface area contributed by atoms with Crippen LogP contribution in [-0.4, -0.2) is 58.4 Å². The maximum absolute atomic E-state index is 14.3. The fourth-order valence-corrected chi connectivity index (χ4v) is 4.40. The molecule has 176 valence electrons. The van der Waals surface area contributed by atoms with Crippen LogP contribution in [0.5, 0.6) is 11.5 Å². The lowest BCUT2D eigenvalue weighted by atomic mass is 10.2. The predicted molar refractivity (Wildman–Crippen MR) is 127 cm³/mol. The lowest BCUT2D eigenvalue weighted by molar-refractivity contribution is 0.0539. The van der Waals surface area contributed by atoms with E-state index in [0.717, 1.165) is 12.8 Å². The van der Waals surface area contributed by atoms with E-state index in [2.05, 4.69) is 34.0 Å². The van der Waals surface area contributed by atoms with Crippen LogP contribution in [0.25, 0.3) is 10.9 Å². The monoisotopic (exact) mass is 474 g/mol. The zero-order valence-electron chi connectivity index (χ0n) is 18.9. The molecule has 1 aromatic heterocycles. The molecule has 0 saturated carbocycles. The number of ether oxygens (including phenoxy) is 2. The summed E-state index contributed by atoms with van der Waals surface area (Å²) in [5, 5.41) is 14.5. The molecule has 1 aliphatic rings. The van der Waals surface area contributed by atoms with Gasteiger partial charge < -0.3 is 19.9 Å². The Kier molecular flexibility index (Phi) is 7.17. The number of methoxy groups -OCH3 is 1. The molecule has 7 nitrogen and oxygen atoms in total. The minimum absolute atomic E-state index is 0.129. The van der Waals surface area contributed by atoms with Gasteiger partial charge in [-0.15, -0.1) is 0 Å². The number of anilines is 2. The molecule has 2 heterocycles. The molecule has 1 aliphatic heterocycles. The van der Waals surface area contributed by atoms with Gasteiger partial charge in [-0.3, -0.25) is 4.90 Å². The molecule has 2 aromatic carbocycles. The summed E-state index contributed by atoms with van der Waals surface area (Å²) in [4.78, 5) is 10.9. The van der Waals surface area contributed by atoms with Crippen molar-refractivity contribution in [2.45, 2.75) is 44.9 Å². The van der Waals surface area contributed by atoms with Crippen LogP contribution in [0.2, 0.25) is 5.02 Å². The second kappa shape index (κ2) is 10.1. The van der Waals surface area contributed by atoms with Crippen molar-refractivity contribution in [2.24, 2.45) is 0 Å². The van der Waals surface area contributed by atoms with Gasteiger partial charge in [-0.25, -0.2) is 14.4 Å². The number of aromatic nitrogens is 2. The van der Waals surface area contributed by atoms with Crippen molar-refractivity contribution in [3.05, 3.63) is 47.5 Å². The predicted octanol–water partition coefficient (Wildman–Crippen LogP) is 4.79. The maximum Gasteiger partial charge on any atom is 0.163 e. The summed E-state index contributed by atoms with van der Waals surface area (Å²) in [7, 11) is 1.54. The van der Waals surface area contributed by atoms with Crippen LogP contribution in [0.4, 0.5) is 15.9 Å². The second-order valence-corrected chi connectivity index (χ2v) is 8.87. The number of likely N-dealkylation sites (tertiary alicyclic amines) is 1. The van der Waals surface area contributed by atoms with Crippen molar-refractivity contribution in [3.63, 3.8) is 0 Å². The fourth-order valence-electron chi connectivity index (χ4n) is 4.24. The zero-order valence-corrected chi connectivity index (χ0v) is 19.6. The number of hydrogen-bond acceptors (Lipinski definition) is 7. The Morgan fingerprint density at radius 1 is 1.18 bits per heavy atom. The number of nitrogens with zero attached hydrogens (tertiary/aromatic N) is 3. The lowest BCUT2D eigenvalue weighted by Crippen LogP contribution is -2.41. The van der Waals surface area contributed by atoms with Crippen molar-refractivity contribution >= 4 is 34.0 Å². The quantitative estimate of drug-likeness (QED) is 0.486. The third-order valence-electron chi connectivity index (χ3n) is 6.09. The maximum atomic E-state index is 14.3. The molecule has 1 fully saturated rings. The highest BCUT2D eigenvalue weighted by Gasteiger charge is 2.29. The van der Waals surface area contributed by atoms with Crippen LogP contribution in [0.1, 0.15) is 26.7 Å². The van der Waals surface area contributed by atoms with Crippen molar-refractivity contribution in [1.82, 2.24) is 14.9 Å². The van der Waals surface area contributed by atoms with Crippen molar-refractivity contribution < 1.29 is 19.0 Å². The summed E-state index contributed by atoms with van der Waals surface area (Å²) >= 11 is 5.84. The highest BCUT2D eigenvalue weighted by Crippen LogP contribution is 2.35. The van der Waals surface area contributed by atoms with Gasteiger partial charge in [-0.05, 0) is 51.0 Å². The van der Waals surface area contributed by atoms with Gasteiger partial charge in [0.2, 0.25) is 0 Å². The number of aliphatic hydroxyl groups excluding tert-OH is 1. The van der Waals surface area contributed by atoms with E-state index >= 15 is 0 Å². The average Bonchev–Trinajstić information content (AvgIpc) is 3.11. The molecule has 1 saturated heterocycles. The summed E-state index contributed by atoms with van der Waals surface area (Å²) in [6.07, 6.45) is 3.04. The van der Waals surface area contributed by atoms with Crippen LogP contribution in [-0.2, 0) is 0 Å². The smallest absolute Gasteiger partial charge is 0.163 e. The van der Waals surface area contributed by atoms with Crippen molar-refractivity contribution in [2.75, 3.05) is 25.6 Å². The number of β-amino-alcohol motifs (C(OH)–C–C–N with tert-alkyl or cyclic N) is 1. The van der Waals surface area contributed by atoms with E-state index in [1.165, 1.54) is 19.5 Å². The third-order valence-corrected chi connectivity index (χ3v) is 6.33. The Balaban J connectivity index is 1.52. The van der Waals surface area contributed by atoms with Gasteiger partial charge in [0.15, 0.2) is 11.5 Å². The average molecular weight is 475 g/mol. The molecule has 3 atom stereocenters. The van der Waals surface area contributed by atoms with Crippen LogP contribution >= 0.6 is 11.6 Å². The Bertz CT molecular complexity index is 1120. The highest BCUT2D eigenvalue weighted by atomic mass is 35.5. The van der Waals surface area contributed by atoms with Gasteiger partial charge in [0.25, 0.3) is 0 Å². The first-order valence-electron chi connectivity index (χ1n) is 11.0. The van der Waals surface area contributed by atoms with E-state index in [4.69, 9.17) is 21.1 Å². The molecule has 33 heavy (non-hydrogen) atoms. The molecule has 2 N–H and O–H groups in total. The molecule has 0 radical (unpaired) electrons. The molecular formula is C24H28ClFN4O3. The summed E-state index contributed by atoms with van der Waals surface area (Å²) in [6, 6.07) is 8.75. The van der Waals surface area contributed by atoms with Gasteiger partial charge in [-0.2, -0.15) is 0 Å². The number of benzene rings is 2.